The van der Waals surface area contributed by atoms with E-state index in [9.17, 15) is 0 Å². The predicted octanol–water partition coefficient (Wildman–Crippen LogP) is 1.95. The normalized spacial score (nSPS) is 10.2. The van der Waals surface area contributed by atoms with Crippen molar-refractivity contribution in [2.45, 2.75) is 19.9 Å². The van der Waals surface area contributed by atoms with Gasteiger partial charge in [-0.3, -0.25) is 0 Å². The summed E-state index contributed by atoms with van der Waals surface area (Å²) in [4.78, 5) is 8.65. The van der Waals surface area contributed by atoms with Gasteiger partial charge in [-0.15, -0.1) is 0 Å². The summed E-state index contributed by atoms with van der Waals surface area (Å²) >= 11 is 0. The molecule has 1 aromatic heterocycles. The number of nitrogen functional groups attached to an aromatic ring is 1. The lowest BCUT2D eigenvalue weighted by molar-refractivity contribution is 0.414. The highest BCUT2D eigenvalue weighted by Gasteiger charge is 2.03. The molecule has 0 aliphatic rings. The molecule has 2 rings (SSSR count). The lowest BCUT2D eigenvalue weighted by atomic mass is 10.2. The number of aromatic nitrogens is 2. The molecule has 1 heterocycles. The van der Waals surface area contributed by atoms with Crippen LogP contribution in [0.1, 0.15) is 18.3 Å². The van der Waals surface area contributed by atoms with Gasteiger partial charge in [0.2, 0.25) is 0 Å². The molecule has 2 aromatic rings. The van der Waals surface area contributed by atoms with E-state index in [-0.39, 0.29) is 0 Å². The first-order valence-electron chi connectivity index (χ1n) is 6.46. The van der Waals surface area contributed by atoms with E-state index in [1.165, 1.54) is 0 Å². The Morgan fingerprint density at radius 1 is 1.20 bits per heavy atom. The molecular weight excluding hydrogens is 254 g/mol. The summed E-state index contributed by atoms with van der Waals surface area (Å²) in [5.74, 6) is 8.33. The number of nitrogens with two attached hydrogens (primary N) is 1. The van der Waals surface area contributed by atoms with Crippen molar-refractivity contribution in [2.24, 2.45) is 5.84 Å². The van der Waals surface area contributed by atoms with Gasteiger partial charge in [0.1, 0.15) is 23.2 Å². The topological polar surface area (TPSA) is 85.1 Å². The number of hydrogen-bond donors (Lipinski definition) is 3. The monoisotopic (exact) mass is 273 g/mol. The largest absolute Gasteiger partial charge is 0.497 e. The van der Waals surface area contributed by atoms with Crippen molar-refractivity contribution >= 4 is 11.6 Å². The van der Waals surface area contributed by atoms with Crippen LogP contribution in [-0.2, 0) is 13.0 Å². The Hall–Kier alpha value is -2.34. The van der Waals surface area contributed by atoms with Crippen LogP contribution in [0.25, 0.3) is 0 Å². The zero-order valence-corrected chi connectivity index (χ0v) is 11.7. The van der Waals surface area contributed by atoms with Gasteiger partial charge in [0, 0.05) is 19.0 Å². The van der Waals surface area contributed by atoms with E-state index >= 15 is 0 Å². The lowest BCUT2D eigenvalue weighted by Gasteiger charge is -2.10. The maximum Gasteiger partial charge on any atom is 0.145 e. The van der Waals surface area contributed by atoms with E-state index in [2.05, 4.69) is 20.7 Å². The number of rotatable bonds is 6. The summed E-state index contributed by atoms with van der Waals surface area (Å²) in [6.07, 6.45) is 0.753. The number of hydrogen-bond acceptors (Lipinski definition) is 6. The minimum absolute atomic E-state index is 0.602. The Bertz CT molecular complexity index is 551. The number of nitrogens with one attached hydrogen (secondary N) is 2. The smallest absolute Gasteiger partial charge is 0.145 e. The Morgan fingerprint density at radius 3 is 2.70 bits per heavy atom. The van der Waals surface area contributed by atoms with Crippen LogP contribution in [0.3, 0.4) is 0 Å². The van der Waals surface area contributed by atoms with Gasteiger partial charge >= 0.3 is 0 Å². The van der Waals surface area contributed by atoms with Crippen molar-refractivity contribution in [2.75, 3.05) is 17.9 Å². The summed E-state index contributed by atoms with van der Waals surface area (Å²) in [6, 6.07) is 9.66. The number of hydrazine groups is 1. The molecule has 0 unspecified atom stereocenters. The Balaban J connectivity index is 2.09. The summed E-state index contributed by atoms with van der Waals surface area (Å²) < 4.78 is 5.20. The quantitative estimate of drug-likeness (QED) is 0.551. The van der Waals surface area contributed by atoms with Gasteiger partial charge in [0.05, 0.1) is 7.11 Å². The van der Waals surface area contributed by atoms with E-state index < -0.39 is 0 Å². The molecule has 0 saturated carbocycles. The highest BCUT2D eigenvalue weighted by molar-refractivity contribution is 5.47. The fourth-order valence-electron chi connectivity index (χ4n) is 1.79. The molecule has 6 heteroatoms. The van der Waals surface area contributed by atoms with Crippen LogP contribution in [0.5, 0.6) is 5.75 Å². The van der Waals surface area contributed by atoms with Crippen molar-refractivity contribution in [3.8, 4) is 5.75 Å². The fourth-order valence-corrected chi connectivity index (χ4v) is 1.79. The summed E-state index contributed by atoms with van der Waals surface area (Å²) in [6.45, 7) is 2.66. The number of methoxy groups -OCH3 is 1. The highest BCUT2D eigenvalue weighted by atomic mass is 16.5. The van der Waals surface area contributed by atoms with Crippen LogP contribution in [0.4, 0.5) is 11.6 Å². The molecule has 0 aliphatic heterocycles. The minimum Gasteiger partial charge on any atom is -0.497 e. The molecule has 6 nitrogen and oxygen atoms in total. The van der Waals surface area contributed by atoms with Crippen molar-refractivity contribution in [1.82, 2.24) is 9.97 Å². The number of nitrogens with zero attached hydrogens (tertiary/aromatic N) is 2. The molecule has 0 amide bonds. The molecule has 0 fully saturated rings. The number of aryl methyl sites for hydroxylation is 1. The van der Waals surface area contributed by atoms with Crippen LogP contribution in [0.15, 0.2) is 30.3 Å². The van der Waals surface area contributed by atoms with E-state index in [1.807, 2.05) is 31.2 Å². The zero-order valence-electron chi connectivity index (χ0n) is 11.7. The van der Waals surface area contributed by atoms with Gasteiger partial charge in [0.25, 0.3) is 0 Å². The van der Waals surface area contributed by atoms with Crippen molar-refractivity contribution in [3.63, 3.8) is 0 Å². The zero-order chi connectivity index (χ0) is 14.4. The molecule has 106 valence electrons. The third-order valence-electron chi connectivity index (χ3n) is 2.84. The molecule has 0 bridgehead atoms. The van der Waals surface area contributed by atoms with E-state index in [0.717, 1.165) is 29.4 Å². The second-order valence-corrected chi connectivity index (χ2v) is 4.26. The number of anilines is 2. The van der Waals surface area contributed by atoms with Gasteiger partial charge < -0.3 is 15.5 Å². The summed E-state index contributed by atoms with van der Waals surface area (Å²) in [7, 11) is 1.66. The average Bonchev–Trinajstić information content (AvgIpc) is 2.52. The van der Waals surface area contributed by atoms with E-state index in [1.54, 1.807) is 13.2 Å². The van der Waals surface area contributed by atoms with Gasteiger partial charge in [-0.2, -0.15) is 0 Å². The van der Waals surface area contributed by atoms with Gasteiger partial charge in [-0.1, -0.05) is 19.1 Å². The maximum atomic E-state index is 5.40. The average molecular weight is 273 g/mol. The first-order valence-corrected chi connectivity index (χ1v) is 6.46. The molecule has 1 aromatic carbocycles. The number of benzene rings is 1. The van der Waals surface area contributed by atoms with Crippen LogP contribution >= 0.6 is 0 Å². The molecule has 0 atom stereocenters. The van der Waals surface area contributed by atoms with Crippen molar-refractivity contribution in [1.29, 1.82) is 0 Å². The van der Waals surface area contributed by atoms with E-state index in [4.69, 9.17) is 10.6 Å². The molecule has 20 heavy (non-hydrogen) atoms. The summed E-state index contributed by atoms with van der Waals surface area (Å²) in [5, 5.41) is 3.26. The second-order valence-electron chi connectivity index (χ2n) is 4.26. The Labute approximate surface area is 118 Å². The van der Waals surface area contributed by atoms with E-state index in [0.29, 0.717) is 12.4 Å². The van der Waals surface area contributed by atoms with Crippen LogP contribution in [0.2, 0.25) is 0 Å². The van der Waals surface area contributed by atoms with Crippen molar-refractivity contribution in [3.05, 3.63) is 41.7 Å². The predicted molar refractivity (Wildman–Crippen MR) is 79.5 cm³/mol. The molecular formula is C14H19N5O. The Morgan fingerprint density at radius 2 is 2.00 bits per heavy atom. The third kappa shape index (κ3) is 3.58. The Kier molecular flexibility index (Phi) is 4.73. The van der Waals surface area contributed by atoms with Crippen molar-refractivity contribution < 1.29 is 4.74 Å². The van der Waals surface area contributed by atoms with Gasteiger partial charge in [-0.25, -0.2) is 15.8 Å². The van der Waals surface area contributed by atoms with Crippen LogP contribution in [0, 0.1) is 0 Å². The molecule has 0 radical (unpaired) electrons. The third-order valence-corrected chi connectivity index (χ3v) is 2.84. The standard InChI is InChI=1S/C14H19N5O/c1-3-12-17-13(8-14(18-12)19-15)16-9-10-5-4-6-11(7-10)20-2/h4-8H,3,9,15H2,1-2H3,(H2,16,17,18,19). The second kappa shape index (κ2) is 6.72. The van der Waals surface area contributed by atoms with Gasteiger partial charge in [0.15, 0.2) is 0 Å². The number of ether oxygens (including phenoxy) is 1. The molecule has 0 spiro atoms. The first kappa shape index (κ1) is 14.1. The van der Waals surface area contributed by atoms with Crippen LogP contribution < -0.4 is 21.3 Å². The maximum absolute atomic E-state index is 5.40. The fraction of sp³-hybridized carbons (Fsp3) is 0.286. The van der Waals surface area contributed by atoms with Gasteiger partial charge in [-0.05, 0) is 17.7 Å². The molecule has 0 saturated heterocycles. The highest BCUT2D eigenvalue weighted by Crippen LogP contribution is 2.15. The summed E-state index contributed by atoms with van der Waals surface area (Å²) in [5.41, 5.74) is 3.66. The molecule has 4 N–H and O–H groups in total. The molecule has 0 aliphatic carbocycles. The first-order chi connectivity index (χ1) is 9.75. The SMILES string of the molecule is CCc1nc(NN)cc(NCc2cccc(OC)c2)n1. The minimum atomic E-state index is 0.602. The van der Waals surface area contributed by atoms with Crippen LogP contribution in [-0.4, -0.2) is 17.1 Å². The lowest BCUT2D eigenvalue weighted by Crippen LogP contribution is -2.12.